The SMILES string of the molecule is O=C(CCC(=O)c1ccco1)c1ccc2[nH]ccc2c1. The van der Waals surface area contributed by atoms with E-state index in [4.69, 9.17) is 4.42 Å². The van der Waals surface area contributed by atoms with Crippen LogP contribution >= 0.6 is 0 Å². The monoisotopic (exact) mass is 267 g/mol. The molecule has 4 nitrogen and oxygen atoms in total. The number of carbonyl (C=O) groups excluding carboxylic acids is 2. The Kier molecular flexibility index (Phi) is 3.21. The van der Waals surface area contributed by atoms with E-state index in [2.05, 4.69) is 4.98 Å². The minimum atomic E-state index is -0.147. The highest BCUT2D eigenvalue weighted by Gasteiger charge is 2.13. The fourth-order valence-corrected chi connectivity index (χ4v) is 2.16. The number of fused-ring (bicyclic) bond motifs is 1. The summed E-state index contributed by atoms with van der Waals surface area (Å²) in [6.07, 6.45) is 3.64. The van der Waals surface area contributed by atoms with E-state index in [-0.39, 0.29) is 24.4 Å². The minimum Gasteiger partial charge on any atom is -0.461 e. The van der Waals surface area contributed by atoms with E-state index in [1.165, 1.54) is 6.26 Å². The number of hydrogen-bond donors (Lipinski definition) is 1. The number of benzene rings is 1. The van der Waals surface area contributed by atoms with Crippen molar-refractivity contribution in [1.82, 2.24) is 4.98 Å². The molecule has 0 saturated heterocycles. The molecule has 0 fully saturated rings. The third-order valence-electron chi connectivity index (χ3n) is 3.25. The summed E-state index contributed by atoms with van der Waals surface area (Å²) in [6.45, 7) is 0. The number of H-pyrrole nitrogens is 1. The molecule has 1 N–H and O–H groups in total. The van der Waals surface area contributed by atoms with Gasteiger partial charge in [0.15, 0.2) is 17.3 Å². The highest BCUT2D eigenvalue weighted by Crippen LogP contribution is 2.16. The van der Waals surface area contributed by atoms with E-state index >= 15 is 0 Å². The average molecular weight is 267 g/mol. The quantitative estimate of drug-likeness (QED) is 0.718. The van der Waals surface area contributed by atoms with Crippen molar-refractivity contribution >= 4 is 22.5 Å². The van der Waals surface area contributed by atoms with E-state index in [0.717, 1.165) is 10.9 Å². The number of nitrogens with one attached hydrogen (secondary N) is 1. The van der Waals surface area contributed by atoms with Gasteiger partial charge in [-0.25, -0.2) is 0 Å². The lowest BCUT2D eigenvalue weighted by molar-refractivity contribution is 0.0902. The number of furan rings is 1. The van der Waals surface area contributed by atoms with E-state index < -0.39 is 0 Å². The summed E-state index contributed by atoms with van der Waals surface area (Å²) in [6, 6.07) is 10.7. The summed E-state index contributed by atoms with van der Waals surface area (Å²) < 4.78 is 5.02. The van der Waals surface area contributed by atoms with Crippen molar-refractivity contribution in [2.75, 3.05) is 0 Å². The second kappa shape index (κ2) is 5.17. The molecule has 4 heteroatoms. The number of carbonyl (C=O) groups is 2. The lowest BCUT2D eigenvalue weighted by Crippen LogP contribution is -2.04. The van der Waals surface area contributed by atoms with Crippen molar-refractivity contribution in [1.29, 1.82) is 0 Å². The molecule has 0 atom stereocenters. The van der Waals surface area contributed by atoms with Crippen LogP contribution in [-0.4, -0.2) is 16.6 Å². The summed E-state index contributed by atoms with van der Waals surface area (Å²) >= 11 is 0. The molecule has 0 unspecified atom stereocenters. The van der Waals surface area contributed by atoms with Gasteiger partial charge in [-0.05, 0) is 36.4 Å². The maximum Gasteiger partial charge on any atom is 0.198 e. The van der Waals surface area contributed by atoms with Gasteiger partial charge in [-0.1, -0.05) is 0 Å². The fraction of sp³-hybridized carbons (Fsp3) is 0.125. The van der Waals surface area contributed by atoms with Crippen molar-refractivity contribution in [3.63, 3.8) is 0 Å². The Morgan fingerprint density at radius 3 is 2.70 bits per heavy atom. The molecule has 0 aliphatic rings. The van der Waals surface area contributed by atoms with Crippen LogP contribution in [0, 0.1) is 0 Å². The van der Waals surface area contributed by atoms with Crippen molar-refractivity contribution < 1.29 is 14.0 Å². The Bertz CT molecular complexity index is 753. The predicted molar refractivity (Wildman–Crippen MR) is 74.9 cm³/mol. The molecule has 0 radical (unpaired) electrons. The van der Waals surface area contributed by atoms with Crippen LogP contribution in [0.5, 0.6) is 0 Å². The molecule has 2 heterocycles. The minimum absolute atomic E-state index is 0.0343. The highest BCUT2D eigenvalue weighted by molar-refractivity contribution is 6.02. The van der Waals surface area contributed by atoms with Crippen LogP contribution in [0.1, 0.15) is 33.8 Å². The van der Waals surface area contributed by atoms with Gasteiger partial charge >= 0.3 is 0 Å². The van der Waals surface area contributed by atoms with Crippen LogP contribution in [-0.2, 0) is 0 Å². The molecule has 0 aliphatic carbocycles. The average Bonchev–Trinajstić information content (AvgIpc) is 3.13. The Hall–Kier alpha value is -2.62. The molecule has 100 valence electrons. The molecule has 0 saturated carbocycles. The number of hydrogen-bond acceptors (Lipinski definition) is 3. The zero-order valence-corrected chi connectivity index (χ0v) is 10.8. The molecule has 0 aliphatic heterocycles. The number of Topliss-reactive ketones (excluding diaryl/α,β-unsaturated/α-hetero) is 2. The van der Waals surface area contributed by atoms with E-state index in [1.807, 2.05) is 24.4 Å². The fourth-order valence-electron chi connectivity index (χ4n) is 2.16. The van der Waals surface area contributed by atoms with Gasteiger partial charge in [0, 0.05) is 35.5 Å². The summed E-state index contributed by atoms with van der Waals surface area (Å²) in [5, 5.41) is 0.994. The van der Waals surface area contributed by atoms with Gasteiger partial charge in [0.1, 0.15) is 0 Å². The largest absolute Gasteiger partial charge is 0.461 e. The maximum absolute atomic E-state index is 12.1. The first-order valence-electron chi connectivity index (χ1n) is 6.41. The third-order valence-corrected chi connectivity index (χ3v) is 3.25. The van der Waals surface area contributed by atoms with Crippen molar-refractivity contribution in [2.45, 2.75) is 12.8 Å². The summed E-state index contributed by atoms with van der Waals surface area (Å²) in [7, 11) is 0. The van der Waals surface area contributed by atoms with Gasteiger partial charge < -0.3 is 9.40 Å². The summed E-state index contributed by atoms with van der Waals surface area (Å²) in [5.41, 5.74) is 1.62. The first-order valence-corrected chi connectivity index (χ1v) is 6.41. The smallest absolute Gasteiger partial charge is 0.198 e. The Morgan fingerprint density at radius 2 is 1.90 bits per heavy atom. The lowest BCUT2D eigenvalue weighted by Gasteiger charge is -2.01. The van der Waals surface area contributed by atoms with Gasteiger partial charge in [-0.3, -0.25) is 9.59 Å². The van der Waals surface area contributed by atoms with E-state index in [9.17, 15) is 9.59 Å². The summed E-state index contributed by atoms with van der Waals surface area (Å²) in [4.78, 5) is 26.9. The first-order chi connectivity index (χ1) is 9.74. The molecule has 1 aromatic carbocycles. The van der Waals surface area contributed by atoms with Crippen LogP contribution in [0.3, 0.4) is 0 Å². The topological polar surface area (TPSA) is 63.1 Å². The maximum atomic E-state index is 12.1. The number of aromatic nitrogens is 1. The van der Waals surface area contributed by atoms with Gasteiger partial charge in [0.25, 0.3) is 0 Å². The van der Waals surface area contributed by atoms with Crippen LogP contribution < -0.4 is 0 Å². The van der Waals surface area contributed by atoms with Gasteiger partial charge in [-0.15, -0.1) is 0 Å². The Morgan fingerprint density at radius 1 is 1.05 bits per heavy atom. The van der Waals surface area contributed by atoms with Gasteiger partial charge in [-0.2, -0.15) is 0 Å². The van der Waals surface area contributed by atoms with Crippen LogP contribution in [0.2, 0.25) is 0 Å². The zero-order chi connectivity index (χ0) is 13.9. The second-order valence-electron chi connectivity index (χ2n) is 4.60. The highest BCUT2D eigenvalue weighted by atomic mass is 16.3. The van der Waals surface area contributed by atoms with Gasteiger partial charge in [0.2, 0.25) is 0 Å². The Balaban J connectivity index is 1.68. The molecular weight excluding hydrogens is 254 g/mol. The van der Waals surface area contributed by atoms with E-state index in [0.29, 0.717) is 11.3 Å². The number of aromatic amines is 1. The molecule has 2 aromatic heterocycles. The van der Waals surface area contributed by atoms with Crippen molar-refractivity contribution in [3.05, 3.63) is 60.2 Å². The molecule has 0 spiro atoms. The third kappa shape index (κ3) is 2.40. The van der Waals surface area contributed by atoms with Crippen LogP contribution in [0.4, 0.5) is 0 Å². The Labute approximate surface area is 115 Å². The van der Waals surface area contributed by atoms with E-state index in [1.54, 1.807) is 18.2 Å². The predicted octanol–water partition coefficient (Wildman–Crippen LogP) is 3.61. The second-order valence-corrected chi connectivity index (χ2v) is 4.60. The normalized spacial score (nSPS) is 10.8. The number of ketones is 2. The molecule has 3 aromatic rings. The van der Waals surface area contributed by atoms with Crippen LogP contribution in [0.25, 0.3) is 10.9 Å². The zero-order valence-electron chi connectivity index (χ0n) is 10.8. The molecule has 0 amide bonds. The summed E-state index contributed by atoms with van der Waals surface area (Å²) in [5.74, 6) is 0.123. The number of rotatable bonds is 5. The lowest BCUT2D eigenvalue weighted by atomic mass is 10.0. The molecular formula is C16H13NO3. The first kappa shape index (κ1) is 12.4. The standard InChI is InChI=1S/C16H13NO3/c18-14(5-6-15(19)16-2-1-9-20-16)12-3-4-13-11(10-12)7-8-17-13/h1-4,7-10,17H,5-6H2. The van der Waals surface area contributed by atoms with Crippen molar-refractivity contribution in [3.8, 4) is 0 Å². The van der Waals surface area contributed by atoms with Gasteiger partial charge in [0.05, 0.1) is 6.26 Å². The van der Waals surface area contributed by atoms with Crippen molar-refractivity contribution in [2.24, 2.45) is 0 Å². The van der Waals surface area contributed by atoms with Crippen LogP contribution in [0.15, 0.2) is 53.3 Å². The molecule has 0 bridgehead atoms. The molecule has 20 heavy (non-hydrogen) atoms. The molecule has 3 rings (SSSR count).